The summed E-state index contributed by atoms with van der Waals surface area (Å²) < 4.78 is 0. The van der Waals surface area contributed by atoms with E-state index in [4.69, 9.17) is 17.3 Å². The van der Waals surface area contributed by atoms with Crippen LogP contribution in [0.4, 0.5) is 0 Å². The van der Waals surface area contributed by atoms with Crippen LogP contribution < -0.4 is 5.73 Å². The van der Waals surface area contributed by atoms with Crippen molar-refractivity contribution >= 4 is 17.5 Å². The number of rotatable bonds is 3. The lowest BCUT2D eigenvalue weighted by atomic mass is 9.38. The molecule has 0 aliphatic heterocycles. The van der Waals surface area contributed by atoms with E-state index in [1.54, 1.807) is 0 Å². The van der Waals surface area contributed by atoms with Gasteiger partial charge >= 0.3 is 0 Å². The zero-order chi connectivity index (χ0) is 14.7. The normalized spacial score (nSPS) is 44.0. The molecule has 0 heterocycles. The van der Waals surface area contributed by atoms with Gasteiger partial charge in [-0.2, -0.15) is 0 Å². The maximum Gasteiger partial charge on any atom is 0.223 e. The number of primary amides is 1. The molecule has 4 bridgehead atoms. The van der Waals surface area contributed by atoms with Crippen LogP contribution in [-0.4, -0.2) is 11.8 Å². The van der Waals surface area contributed by atoms with Crippen LogP contribution in [0.25, 0.3) is 0 Å². The van der Waals surface area contributed by atoms with Gasteiger partial charge in [0.2, 0.25) is 5.91 Å². The Kier molecular flexibility index (Phi) is 2.76. The molecule has 0 spiro atoms. The van der Waals surface area contributed by atoms with Crippen molar-refractivity contribution in [2.24, 2.45) is 22.5 Å². The molecule has 0 radical (unpaired) electrons. The summed E-state index contributed by atoms with van der Waals surface area (Å²) in [6, 6.07) is 10.7. The van der Waals surface area contributed by atoms with E-state index in [0.29, 0.717) is 11.8 Å². The van der Waals surface area contributed by atoms with Crippen LogP contribution in [0.2, 0.25) is 0 Å². The van der Waals surface area contributed by atoms with Crippen molar-refractivity contribution in [3.05, 3.63) is 35.9 Å². The monoisotopic (exact) mass is 303 g/mol. The highest BCUT2D eigenvalue weighted by Crippen LogP contribution is 2.70. The van der Waals surface area contributed by atoms with Crippen molar-refractivity contribution in [2.75, 3.05) is 5.88 Å². The first-order chi connectivity index (χ1) is 10.0. The van der Waals surface area contributed by atoms with E-state index < -0.39 is 0 Å². The molecule has 4 fully saturated rings. The minimum Gasteiger partial charge on any atom is -0.369 e. The number of carbonyl (C=O) groups is 1. The molecule has 21 heavy (non-hydrogen) atoms. The van der Waals surface area contributed by atoms with E-state index in [2.05, 4.69) is 30.3 Å². The lowest BCUT2D eigenvalue weighted by Gasteiger charge is -2.65. The van der Waals surface area contributed by atoms with E-state index in [9.17, 15) is 4.79 Å². The summed E-state index contributed by atoms with van der Waals surface area (Å²) in [7, 11) is 0. The molecule has 1 amide bonds. The highest BCUT2D eigenvalue weighted by atomic mass is 35.5. The van der Waals surface area contributed by atoms with Crippen LogP contribution in [0.3, 0.4) is 0 Å². The number of hydrogen-bond donors (Lipinski definition) is 1. The number of benzene rings is 1. The van der Waals surface area contributed by atoms with E-state index in [1.165, 1.54) is 18.4 Å². The van der Waals surface area contributed by atoms with Crippen molar-refractivity contribution in [3.8, 4) is 0 Å². The molecule has 4 aliphatic carbocycles. The second kappa shape index (κ2) is 4.25. The maximum atomic E-state index is 12.3. The molecule has 0 saturated heterocycles. The molecule has 4 atom stereocenters. The molecule has 4 unspecified atom stereocenters. The first-order valence-corrected chi connectivity index (χ1v) is 8.47. The Morgan fingerprint density at radius 1 is 1.14 bits per heavy atom. The second-order valence-corrected chi connectivity index (χ2v) is 8.20. The fourth-order valence-corrected chi connectivity index (χ4v) is 6.47. The molecular formula is C18H22ClNO. The molecule has 4 saturated carbocycles. The molecule has 3 heteroatoms. The summed E-state index contributed by atoms with van der Waals surface area (Å²) >= 11 is 6.39. The van der Waals surface area contributed by atoms with Gasteiger partial charge in [-0.1, -0.05) is 30.3 Å². The number of alkyl halides is 1. The van der Waals surface area contributed by atoms with Gasteiger partial charge in [-0.3, -0.25) is 4.79 Å². The van der Waals surface area contributed by atoms with Crippen LogP contribution in [0, 0.1) is 16.7 Å². The summed E-state index contributed by atoms with van der Waals surface area (Å²) in [5.41, 5.74) is 7.16. The number of amides is 1. The van der Waals surface area contributed by atoms with E-state index in [-0.39, 0.29) is 22.2 Å². The Labute approximate surface area is 131 Å². The van der Waals surface area contributed by atoms with Crippen LogP contribution in [0.15, 0.2) is 30.3 Å². The Balaban J connectivity index is 1.85. The van der Waals surface area contributed by atoms with Crippen molar-refractivity contribution in [2.45, 2.75) is 43.9 Å². The van der Waals surface area contributed by atoms with Gasteiger partial charge in [-0.05, 0) is 60.8 Å². The molecule has 1 aromatic rings. The molecule has 5 rings (SSSR count). The highest BCUT2D eigenvalue weighted by molar-refractivity contribution is 6.18. The Morgan fingerprint density at radius 2 is 1.90 bits per heavy atom. The van der Waals surface area contributed by atoms with Crippen molar-refractivity contribution in [1.29, 1.82) is 0 Å². The average Bonchev–Trinajstić information content (AvgIpc) is 2.47. The molecule has 4 aliphatic rings. The fourth-order valence-electron chi connectivity index (χ4n) is 6.18. The number of nitrogens with two attached hydrogens (primary N) is 1. The average molecular weight is 304 g/mol. The Morgan fingerprint density at radius 3 is 2.57 bits per heavy atom. The molecule has 112 valence electrons. The van der Waals surface area contributed by atoms with Gasteiger partial charge in [-0.15, -0.1) is 11.6 Å². The summed E-state index contributed by atoms with van der Waals surface area (Å²) in [5.74, 6) is 1.17. The molecule has 2 N–H and O–H groups in total. The SMILES string of the molecule is NC(=O)C12CC3CC(CCl)(C1)CC(c1ccccc1)(C3)C2. The van der Waals surface area contributed by atoms with Crippen LogP contribution in [0.1, 0.15) is 44.1 Å². The van der Waals surface area contributed by atoms with Gasteiger partial charge in [0.05, 0.1) is 5.41 Å². The number of carbonyl (C=O) groups excluding carboxylic acids is 1. The standard InChI is InChI=1S/C18H22ClNO/c19-12-16-6-13-7-17(9-16,14-4-2-1-3-5-14)11-18(8-13,10-16)15(20)21/h1-5,13H,6-12H2,(H2,20,21). The number of halogens is 1. The topological polar surface area (TPSA) is 43.1 Å². The van der Waals surface area contributed by atoms with E-state index >= 15 is 0 Å². The van der Waals surface area contributed by atoms with Gasteiger partial charge in [0.15, 0.2) is 0 Å². The number of hydrogen-bond acceptors (Lipinski definition) is 1. The van der Waals surface area contributed by atoms with Gasteiger partial charge in [0, 0.05) is 5.88 Å². The molecule has 0 aromatic heterocycles. The summed E-state index contributed by atoms with van der Waals surface area (Å²) in [4.78, 5) is 12.3. The predicted octanol–water partition coefficient (Wildman–Crippen LogP) is 3.62. The quantitative estimate of drug-likeness (QED) is 0.852. The lowest BCUT2D eigenvalue weighted by Crippen LogP contribution is -2.62. The van der Waals surface area contributed by atoms with Crippen molar-refractivity contribution in [1.82, 2.24) is 0 Å². The van der Waals surface area contributed by atoms with Gasteiger partial charge in [-0.25, -0.2) is 0 Å². The minimum atomic E-state index is -0.315. The van der Waals surface area contributed by atoms with Gasteiger partial charge < -0.3 is 5.73 Å². The van der Waals surface area contributed by atoms with E-state index in [1.807, 2.05) is 0 Å². The molecular weight excluding hydrogens is 282 g/mol. The predicted molar refractivity (Wildman–Crippen MR) is 84.1 cm³/mol. The lowest BCUT2D eigenvalue weighted by molar-refractivity contribution is -0.156. The third-order valence-electron chi connectivity index (χ3n) is 6.38. The first kappa shape index (κ1) is 13.6. The van der Waals surface area contributed by atoms with E-state index in [0.717, 1.165) is 25.7 Å². The maximum absolute atomic E-state index is 12.3. The smallest absolute Gasteiger partial charge is 0.223 e. The van der Waals surface area contributed by atoms with Gasteiger partial charge in [0.25, 0.3) is 0 Å². The van der Waals surface area contributed by atoms with Crippen molar-refractivity contribution < 1.29 is 4.79 Å². The zero-order valence-corrected chi connectivity index (χ0v) is 13.0. The van der Waals surface area contributed by atoms with Crippen molar-refractivity contribution in [3.63, 3.8) is 0 Å². The van der Waals surface area contributed by atoms with Crippen LogP contribution >= 0.6 is 11.6 Å². The van der Waals surface area contributed by atoms with Gasteiger partial charge in [0.1, 0.15) is 0 Å². The molecule has 1 aromatic carbocycles. The summed E-state index contributed by atoms with van der Waals surface area (Å²) in [6.07, 6.45) is 6.32. The first-order valence-electron chi connectivity index (χ1n) is 7.93. The van der Waals surface area contributed by atoms with Crippen LogP contribution in [0.5, 0.6) is 0 Å². The Bertz CT molecular complexity index is 588. The highest BCUT2D eigenvalue weighted by Gasteiger charge is 2.65. The second-order valence-electron chi connectivity index (χ2n) is 7.93. The summed E-state index contributed by atoms with van der Waals surface area (Å²) in [6.45, 7) is 0. The third kappa shape index (κ3) is 1.81. The Hall–Kier alpha value is -1.02. The third-order valence-corrected chi connectivity index (χ3v) is 6.94. The molecule has 2 nitrogen and oxygen atoms in total. The fraction of sp³-hybridized carbons (Fsp3) is 0.611. The summed E-state index contributed by atoms with van der Waals surface area (Å²) in [5, 5.41) is 0. The largest absolute Gasteiger partial charge is 0.369 e. The van der Waals surface area contributed by atoms with Crippen LogP contribution in [-0.2, 0) is 10.2 Å². The zero-order valence-electron chi connectivity index (χ0n) is 12.3. The minimum absolute atomic E-state index is 0.0959.